The second-order valence-electron chi connectivity index (χ2n) is 6.31. The van der Waals surface area contributed by atoms with Crippen LogP contribution in [0.5, 0.6) is 11.5 Å². The van der Waals surface area contributed by atoms with E-state index in [0.29, 0.717) is 31.3 Å². The fourth-order valence-corrected chi connectivity index (χ4v) is 3.74. The van der Waals surface area contributed by atoms with Crippen LogP contribution in [0, 0.1) is 0 Å². The van der Waals surface area contributed by atoms with Gasteiger partial charge >= 0.3 is 0 Å². The van der Waals surface area contributed by atoms with Gasteiger partial charge in [-0.3, -0.25) is 4.79 Å². The second kappa shape index (κ2) is 9.56. The number of carbonyl (C=O) groups excluding carboxylic acids is 1. The van der Waals surface area contributed by atoms with E-state index in [4.69, 9.17) is 9.47 Å². The van der Waals surface area contributed by atoms with E-state index >= 15 is 0 Å². The Morgan fingerprint density at radius 1 is 1.18 bits per heavy atom. The van der Waals surface area contributed by atoms with Gasteiger partial charge in [-0.15, -0.1) is 0 Å². The first-order chi connectivity index (χ1) is 13.5. The predicted molar refractivity (Wildman–Crippen MR) is 102 cm³/mol. The van der Waals surface area contributed by atoms with Gasteiger partial charge in [0, 0.05) is 50.9 Å². The molecule has 0 bridgehead atoms. The summed E-state index contributed by atoms with van der Waals surface area (Å²) in [6.45, 7) is 2.31. The first-order valence-corrected chi connectivity index (χ1v) is 10.6. The first kappa shape index (κ1) is 20.2. The SMILES string of the molecule is O=C(CCNS(=O)(=O)c1ccc2c(c1)OCCCO2)NCCCn1ccnc1. The quantitative estimate of drug-likeness (QED) is 0.597. The van der Waals surface area contributed by atoms with Crippen molar-refractivity contribution in [1.29, 1.82) is 0 Å². The molecule has 2 aromatic rings. The first-order valence-electron chi connectivity index (χ1n) is 9.16. The number of aryl methyl sites for hydroxylation is 1. The molecule has 0 atom stereocenters. The number of benzene rings is 1. The zero-order chi connectivity index (χ0) is 19.8. The summed E-state index contributed by atoms with van der Waals surface area (Å²) in [5.41, 5.74) is 0. The Hall–Kier alpha value is -2.59. The topological polar surface area (TPSA) is 112 Å². The minimum atomic E-state index is -3.73. The zero-order valence-electron chi connectivity index (χ0n) is 15.5. The van der Waals surface area contributed by atoms with Crippen molar-refractivity contribution in [2.75, 3.05) is 26.3 Å². The molecule has 0 aliphatic carbocycles. The van der Waals surface area contributed by atoms with Crippen LogP contribution in [0.4, 0.5) is 0 Å². The number of nitrogens with one attached hydrogen (secondary N) is 2. The number of sulfonamides is 1. The van der Waals surface area contributed by atoms with Crippen molar-refractivity contribution >= 4 is 15.9 Å². The van der Waals surface area contributed by atoms with Crippen LogP contribution < -0.4 is 19.5 Å². The second-order valence-corrected chi connectivity index (χ2v) is 8.08. The number of imidazole rings is 1. The molecule has 28 heavy (non-hydrogen) atoms. The van der Waals surface area contributed by atoms with E-state index in [0.717, 1.165) is 19.4 Å². The number of fused-ring (bicyclic) bond motifs is 1. The Balaban J connectivity index is 1.42. The van der Waals surface area contributed by atoms with Crippen LogP contribution in [0.25, 0.3) is 0 Å². The number of ether oxygens (including phenoxy) is 2. The summed E-state index contributed by atoms with van der Waals surface area (Å²) in [5, 5.41) is 2.77. The lowest BCUT2D eigenvalue weighted by molar-refractivity contribution is -0.120. The highest BCUT2D eigenvalue weighted by atomic mass is 32.2. The van der Waals surface area contributed by atoms with Gasteiger partial charge in [0.15, 0.2) is 11.5 Å². The normalized spacial score (nSPS) is 13.7. The summed E-state index contributed by atoms with van der Waals surface area (Å²) in [4.78, 5) is 15.9. The number of carbonyl (C=O) groups is 1. The minimum absolute atomic E-state index is 0.0180. The van der Waals surface area contributed by atoms with Crippen LogP contribution in [0.1, 0.15) is 19.3 Å². The van der Waals surface area contributed by atoms with Crippen molar-refractivity contribution < 1.29 is 22.7 Å². The lowest BCUT2D eigenvalue weighted by Gasteiger charge is -2.11. The molecule has 1 aliphatic rings. The molecule has 0 fully saturated rings. The number of amides is 1. The van der Waals surface area contributed by atoms with Crippen LogP contribution in [0.2, 0.25) is 0 Å². The summed E-state index contributed by atoms with van der Waals surface area (Å²) in [7, 11) is -3.73. The molecule has 2 heterocycles. The fraction of sp³-hybridized carbons (Fsp3) is 0.444. The maximum absolute atomic E-state index is 12.4. The van der Waals surface area contributed by atoms with E-state index in [9.17, 15) is 13.2 Å². The van der Waals surface area contributed by atoms with E-state index in [1.165, 1.54) is 12.1 Å². The number of hydrogen-bond donors (Lipinski definition) is 2. The van der Waals surface area contributed by atoms with Crippen molar-refractivity contribution in [3.63, 3.8) is 0 Å². The molecule has 3 rings (SSSR count). The molecule has 10 heteroatoms. The van der Waals surface area contributed by atoms with Gasteiger partial charge < -0.3 is 19.4 Å². The van der Waals surface area contributed by atoms with E-state index in [-0.39, 0.29) is 23.8 Å². The van der Waals surface area contributed by atoms with E-state index in [2.05, 4.69) is 15.0 Å². The lowest BCUT2D eigenvalue weighted by atomic mass is 10.3. The molecule has 1 aliphatic heterocycles. The summed E-state index contributed by atoms with van der Waals surface area (Å²) in [5.74, 6) is 0.745. The highest BCUT2D eigenvalue weighted by Crippen LogP contribution is 2.31. The van der Waals surface area contributed by atoms with Crippen LogP contribution in [0.3, 0.4) is 0 Å². The molecule has 2 N–H and O–H groups in total. The van der Waals surface area contributed by atoms with Gasteiger partial charge in [-0.05, 0) is 18.6 Å². The number of rotatable bonds is 9. The predicted octanol–water partition coefficient (Wildman–Crippen LogP) is 0.919. The molecule has 0 unspecified atom stereocenters. The zero-order valence-corrected chi connectivity index (χ0v) is 16.3. The fourth-order valence-electron chi connectivity index (χ4n) is 2.69. The maximum atomic E-state index is 12.4. The lowest BCUT2D eigenvalue weighted by Crippen LogP contribution is -2.31. The Kier molecular flexibility index (Phi) is 6.88. The van der Waals surface area contributed by atoms with Gasteiger partial charge in [0.05, 0.1) is 24.4 Å². The molecular formula is C18H24N4O5S. The molecule has 0 radical (unpaired) electrons. The molecule has 1 amide bonds. The largest absolute Gasteiger partial charge is 0.490 e. The number of aromatic nitrogens is 2. The third-order valence-electron chi connectivity index (χ3n) is 4.15. The van der Waals surface area contributed by atoms with Crippen molar-refractivity contribution in [2.24, 2.45) is 0 Å². The number of hydrogen-bond acceptors (Lipinski definition) is 6. The molecule has 152 valence electrons. The van der Waals surface area contributed by atoms with E-state index in [1.807, 2.05) is 10.8 Å². The summed E-state index contributed by atoms with van der Waals surface area (Å²) < 4.78 is 40.3. The van der Waals surface area contributed by atoms with Gasteiger partial charge in [-0.1, -0.05) is 0 Å². The summed E-state index contributed by atoms with van der Waals surface area (Å²) in [6.07, 6.45) is 6.85. The van der Waals surface area contributed by atoms with Crippen molar-refractivity contribution in [3.05, 3.63) is 36.9 Å². The Bertz CT molecular complexity index is 883. The van der Waals surface area contributed by atoms with Crippen LogP contribution in [-0.2, 0) is 21.4 Å². The average molecular weight is 408 g/mol. The monoisotopic (exact) mass is 408 g/mol. The standard InChI is InChI=1S/C18H24N4O5S/c23-18(20-6-1-9-22-10-8-19-14-22)5-7-21-28(24,25)15-3-4-16-17(13-15)27-12-2-11-26-16/h3-4,8,10,13-14,21H,1-2,5-7,9,11-12H2,(H,20,23). The Morgan fingerprint density at radius 2 is 2.00 bits per heavy atom. The highest BCUT2D eigenvalue weighted by molar-refractivity contribution is 7.89. The molecular weight excluding hydrogens is 384 g/mol. The summed E-state index contributed by atoms with van der Waals surface area (Å²) >= 11 is 0. The van der Waals surface area contributed by atoms with Crippen molar-refractivity contribution in [2.45, 2.75) is 30.7 Å². The molecule has 1 aromatic heterocycles. The molecule has 0 saturated carbocycles. The van der Waals surface area contributed by atoms with Gasteiger partial charge in [-0.25, -0.2) is 18.1 Å². The Labute approximate surface area is 164 Å². The number of nitrogens with zero attached hydrogens (tertiary/aromatic N) is 2. The van der Waals surface area contributed by atoms with Gasteiger partial charge in [0.25, 0.3) is 0 Å². The van der Waals surface area contributed by atoms with Crippen molar-refractivity contribution in [3.8, 4) is 11.5 Å². The van der Waals surface area contributed by atoms with E-state index < -0.39 is 10.0 Å². The third kappa shape index (κ3) is 5.70. The molecule has 0 saturated heterocycles. The average Bonchev–Trinajstić information content (AvgIpc) is 3.08. The van der Waals surface area contributed by atoms with Crippen LogP contribution >= 0.6 is 0 Å². The van der Waals surface area contributed by atoms with Crippen LogP contribution in [-0.4, -0.2) is 50.2 Å². The molecule has 1 aromatic carbocycles. The molecule has 9 nitrogen and oxygen atoms in total. The minimum Gasteiger partial charge on any atom is -0.490 e. The highest BCUT2D eigenvalue weighted by Gasteiger charge is 2.18. The van der Waals surface area contributed by atoms with Crippen LogP contribution in [0.15, 0.2) is 41.8 Å². The smallest absolute Gasteiger partial charge is 0.240 e. The Morgan fingerprint density at radius 3 is 2.79 bits per heavy atom. The third-order valence-corrected chi connectivity index (χ3v) is 5.61. The molecule has 0 spiro atoms. The van der Waals surface area contributed by atoms with Gasteiger partial charge in [0.1, 0.15) is 0 Å². The van der Waals surface area contributed by atoms with Gasteiger partial charge in [-0.2, -0.15) is 0 Å². The van der Waals surface area contributed by atoms with E-state index in [1.54, 1.807) is 18.6 Å². The summed E-state index contributed by atoms with van der Waals surface area (Å²) in [6, 6.07) is 4.49. The maximum Gasteiger partial charge on any atom is 0.240 e. The van der Waals surface area contributed by atoms with Gasteiger partial charge in [0.2, 0.25) is 15.9 Å². The van der Waals surface area contributed by atoms with Crippen molar-refractivity contribution in [1.82, 2.24) is 19.6 Å².